The number of fused-ring (bicyclic) bond motifs is 1. The summed E-state index contributed by atoms with van der Waals surface area (Å²) in [4.78, 5) is 26.7. The maximum Gasteiger partial charge on any atom is 0.261 e. The van der Waals surface area contributed by atoms with Gasteiger partial charge in [-0.15, -0.1) is 0 Å². The molecule has 5 N–H and O–H groups in total. The first-order valence-electron chi connectivity index (χ1n) is 17.2. The topological polar surface area (TPSA) is 139 Å². The number of carbonyl (C=O) groups excluding carboxylic acids is 2. The molecule has 0 spiro atoms. The molecule has 0 bridgehead atoms. The lowest BCUT2D eigenvalue weighted by Gasteiger charge is -2.18. The summed E-state index contributed by atoms with van der Waals surface area (Å²) < 4.78 is 0. The van der Waals surface area contributed by atoms with Gasteiger partial charge in [0.25, 0.3) is 5.91 Å². The van der Waals surface area contributed by atoms with Gasteiger partial charge in [0.1, 0.15) is 11.3 Å². The van der Waals surface area contributed by atoms with Crippen LogP contribution in [-0.4, -0.2) is 79.6 Å². The first-order chi connectivity index (χ1) is 20.6. The van der Waals surface area contributed by atoms with Crippen LogP contribution in [0.2, 0.25) is 0 Å². The Morgan fingerprint density at radius 3 is 2.14 bits per heavy atom. The van der Waals surface area contributed by atoms with Gasteiger partial charge in [0.05, 0.1) is 24.4 Å². The lowest BCUT2D eigenvalue weighted by atomic mass is 9.89. The van der Waals surface area contributed by atoms with Crippen LogP contribution in [0.5, 0.6) is 0 Å². The second-order valence-electron chi connectivity index (χ2n) is 13.3. The fourth-order valence-electron chi connectivity index (χ4n) is 6.55. The molecule has 2 saturated heterocycles. The lowest BCUT2D eigenvalue weighted by molar-refractivity contribution is -0.125. The van der Waals surface area contributed by atoms with Gasteiger partial charge in [-0.05, 0) is 63.7 Å². The van der Waals surface area contributed by atoms with Crippen LogP contribution in [0.15, 0.2) is 23.5 Å². The normalized spacial score (nSPS) is 22.8. The number of amides is 1. The van der Waals surface area contributed by atoms with Crippen LogP contribution in [0.4, 0.5) is 0 Å². The molecule has 0 unspecified atom stereocenters. The van der Waals surface area contributed by atoms with Crippen LogP contribution in [-0.2, 0) is 9.59 Å². The largest absolute Gasteiger partial charge is 0.511 e. The maximum absolute atomic E-state index is 12.7. The minimum absolute atomic E-state index is 0.0661. The fourth-order valence-corrected chi connectivity index (χ4v) is 6.55. The summed E-state index contributed by atoms with van der Waals surface area (Å²) in [6.07, 6.45) is 20.9. The molecule has 43 heavy (non-hydrogen) atoms. The van der Waals surface area contributed by atoms with E-state index < -0.39 is 18.1 Å². The van der Waals surface area contributed by atoms with Crippen molar-refractivity contribution < 1.29 is 35.1 Å². The Kier molecular flexibility index (Phi) is 18.4. The van der Waals surface area contributed by atoms with Gasteiger partial charge in [-0.3, -0.25) is 9.59 Å². The average Bonchev–Trinajstić information content (AvgIpc) is 3.46. The third-order valence-corrected chi connectivity index (χ3v) is 9.19. The number of allylic oxidation sites excluding steroid dienone is 2. The molecule has 248 valence electrons. The molecular weight excluding hydrogens is 546 g/mol. The quantitative estimate of drug-likeness (QED) is 0.0302. The Bertz CT molecular complexity index is 846. The highest BCUT2D eigenvalue weighted by atomic mass is 16.3. The SMILES string of the molecule is C[C@H](CCCCCCCC=CC[C@H](O)CCC[C@H](O)CCCCCCCO)C[C@H](C)C(O)=C1C(=O)[C@@H]2C[C@@H](O)CN2C1=O. The first-order valence-corrected chi connectivity index (χ1v) is 17.2. The Hall–Kier alpha value is -1.74. The van der Waals surface area contributed by atoms with Crippen LogP contribution >= 0.6 is 0 Å². The third kappa shape index (κ3) is 13.8. The zero-order valence-corrected chi connectivity index (χ0v) is 27.0. The van der Waals surface area contributed by atoms with Gasteiger partial charge in [-0.2, -0.15) is 0 Å². The van der Waals surface area contributed by atoms with E-state index in [1.165, 1.54) is 24.2 Å². The van der Waals surface area contributed by atoms with Crippen molar-refractivity contribution in [3.05, 3.63) is 23.5 Å². The molecule has 0 aromatic heterocycles. The Morgan fingerprint density at radius 2 is 1.44 bits per heavy atom. The molecule has 2 aliphatic heterocycles. The number of unbranched alkanes of at least 4 members (excludes halogenated alkanes) is 9. The molecule has 2 aliphatic rings. The molecule has 8 heteroatoms. The summed E-state index contributed by atoms with van der Waals surface area (Å²) in [6.45, 7) is 4.47. The van der Waals surface area contributed by atoms with Crippen molar-refractivity contribution in [3.8, 4) is 0 Å². The van der Waals surface area contributed by atoms with E-state index in [2.05, 4.69) is 19.1 Å². The highest BCUT2D eigenvalue weighted by Gasteiger charge is 2.50. The van der Waals surface area contributed by atoms with Crippen molar-refractivity contribution in [3.63, 3.8) is 0 Å². The first kappa shape index (κ1) is 37.4. The molecule has 1 amide bonds. The number of aliphatic hydroxyl groups is 5. The average molecular weight is 608 g/mol. The summed E-state index contributed by atoms with van der Waals surface area (Å²) in [6, 6.07) is -0.614. The summed E-state index contributed by atoms with van der Waals surface area (Å²) in [5.74, 6) is -0.725. The van der Waals surface area contributed by atoms with E-state index in [9.17, 15) is 30.0 Å². The van der Waals surface area contributed by atoms with Gasteiger partial charge in [0, 0.05) is 25.5 Å². The van der Waals surface area contributed by atoms with E-state index in [1.807, 2.05) is 6.92 Å². The zero-order chi connectivity index (χ0) is 31.6. The minimum Gasteiger partial charge on any atom is -0.511 e. The zero-order valence-electron chi connectivity index (χ0n) is 27.0. The van der Waals surface area contributed by atoms with Crippen molar-refractivity contribution >= 4 is 11.7 Å². The molecule has 2 heterocycles. The van der Waals surface area contributed by atoms with Gasteiger partial charge < -0.3 is 30.4 Å². The van der Waals surface area contributed by atoms with Crippen LogP contribution in [0.25, 0.3) is 0 Å². The fraction of sp³-hybridized carbons (Fsp3) is 0.829. The van der Waals surface area contributed by atoms with Crippen LogP contribution in [0, 0.1) is 11.8 Å². The molecule has 2 fully saturated rings. The van der Waals surface area contributed by atoms with Gasteiger partial charge >= 0.3 is 0 Å². The molecule has 0 aromatic carbocycles. The molecule has 2 rings (SSSR count). The number of ketones is 1. The summed E-state index contributed by atoms with van der Waals surface area (Å²) in [5, 5.41) is 49.6. The molecule has 6 atom stereocenters. The highest BCUT2D eigenvalue weighted by Crippen LogP contribution is 2.34. The highest BCUT2D eigenvalue weighted by molar-refractivity contribution is 6.27. The smallest absolute Gasteiger partial charge is 0.261 e. The second kappa shape index (κ2) is 21.1. The van der Waals surface area contributed by atoms with E-state index in [1.54, 1.807) is 0 Å². The monoisotopic (exact) mass is 607 g/mol. The number of nitrogens with zero attached hydrogens (tertiary/aromatic N) is 1. The van der Waals surface area contributed by atoms with E-state index in [-0.39, 0.29) is 54.8 Å². The van der Waals surface area contributed by atoms with Crippen molar-refractivity contribution in [1.29, 1.82) is 0 Å². The second-order valence-corrected chi connectivity index (χ2v) is 13.3. The Balaban J connectivity index is 1.45. The van der Waals surface area contributed by atoms with Gasteiger partial charge in [-0.25, -0.2) is 0 Å². The number of hydrogen-bond donors (Lipinski definition) is 5. The lowest BCUT2D eigenvalue weighted by Crippen LogP contribution is -2.29. The number of hydrogen-bond acceptors (Lipinski definition) is 7. The maximum atomic E-state index is 12.7. The van der Waals surface area contributed by atoms with E-state index in [4.69, 9.17) is 5.11 Å². The molecule has 0 aliphatic carbocycles. The summed E-state index contributed by atoms with van der Waals surface area (Å²) in [5.41, 5.74) is -0.0661. The minimum atomic E-state index is -0.661. The Labute approximate surface area is 260 Å². The summed E-state index contributed by atoms with van der Waals surface area (Å²) in [7, 11) is 0. The van der Waals surface area contributed by atoms with Crippen LogP contribution in [0.1, 0.15) is 136 Å². The van der Waals surface area contributed by atoms with Crippen molar-refractivity contribution in [2.45, 2.75) is 160 Å². The van der Waals surface area contributed by atoms with Gasteiger partial charge in [0.2, 0.25) is 0 Å². The van der Waals surface area contributed by atoms with E-state index in [0.717, 1.165) is 89.9 Å². The summed E-state index contributed by atoms with van der Waals surface area (Å²) >= 11 is 0. The number of carbonyl (C=O) groups is 2. The van der Waals surface area contributed by atoms with Crippen LogP contribution in [0.3, 0.4) is 0 Å². The number of aliphatic hydroxyl groups excluding tert-OH is 5. The van der Waals surface area contributed by atoms with Gasteiger partial charge in [0.15, 0.2) is 5.78 Å². The predicted octanol–water partition coefficient (Wildman–Crippen LogP) is 5.91. The Morgan fingerprint density at radius 1 is 0.837 bits per heavy atom. The molecule has 0 radical (unpaired) electrons. The number of Topliss-reactive ketones (excluding diaryl/α,β-unsaturated/α-hetero) is 1. The number of rotatable bonds is 24. The van der Waals surface area contributed by atoms with Crippen molar-refractivity contribution in [2.75, 3.05) is 13.2 Å². The molecule has 8 nitrogen and oxygen atoms in total. The molecule has 0 aromatic rings. The predicted molar refractivity (Wildman–Crippen MR) is 170 cm³/mol. The van der Waals surface area contributed by atoms with E-state index in [0.29, 0.717) is 12.3 Å². The van der Waals surface area contributed by atoms with E-state index >= 15 is 0 Å². The molecular formula is C35H61NO7. The van der Waals surface area contributed by atoms with Crippen molar-refractivity contribution in [1.82, 2.24) is 4.90 Å². The van der Waals surface area contributed by atoms with Crippen molar-refractivity contribution in [2.24, 2.45) is 11.8 Å². The standard InChI is InChI=1S/C35H61NO7/c1-26(23-27(2)33(41)32-34(42)31-24-30(40)25-36(31)35(32)43)17-12-8-5-3-4-6-9-13-18-28(38)20-16-21-29(39)19-14-10-7-11-15-22-37/h9,13,26-31,37-41H,3-8,10-12,14-25H2,1-2H3/t26-,27+,28+,29-,30-,31+/m1/s1. The third-order valence-electron chi connectivity index (χ3n) is 9.19. The van der Waals surface area contributed by atoms with Crippen LogP contribution < -0.4 is 0 Å². The van der Waals surface area contributed by atoms with Gasteiger partial charge in [-0.1, -0.05) is 83.8 Å². The molecule has 0 saturated carbocycles.